The van der Waals surface area contributed by atoms with Gasteiger partial charge in [-0.15, -0.1) is 0 Å². The Labute approximate surface area is 145 Å². The van der Waals surface area contributed by atoms with Crippen molar-refractivity contribution in [3.63, 3.8) is 0 Å². The van der Waals surface area contributed by atoms with Crippen LogP contribution in [0.15, 0.2) is 48.5 Å². The normalized spacial score (nSPS) is 15.4. The van der Waals surface area contributed by atoms with Gasteiger partial charge in [0.1, 0.15) is 17.6 Å². The summed E-state index contributed by atoms with van der Waals surface area (Å²) in [4.78, 5) is 15.8. The lowest BCUT2D eigenvalue weighted by Crippen LogP contribution is -2.34. The standard InChI is InChI=1S/C20H20N2O3/c23-15-3-6-18-14(11-15)12-19(22-18)20(24)13-1-4-16(5-2-13)25-17-7-9-21-10-8-17/h1-6,11-12,17,21-23H,7-10H2. The zero-order valence-electron chi connectivity index (χ0n) is 13.8. The summed E-state index contributed by atoms with van der Waals surface area (Å²) < 4.78 is 5.97. The third-order valence-corrected chi connectivity index (χ3v) is 4.55. The van der Waals surface area contributed by atoms with E-state index in [2.05, 4.69) is 10.3 Å². The molecule has 0 saturated carbocycles. The molecule has 1 aliphatic rings. The summed E-state index contributed by atoms with van der Waals surface area (Å²) >= 11 is 0. The van der Waals surface area contributed by atoms with Gasteiger partial charge in [-0.2, -0.15) is 0 Å². The number of piperidine rings is 1. The molecule has 2 aromatic carbocycles. The molecule has 0 radical (unpaired) electrons. The Balaban J connectivity index is 1.51. The fourth-order valence-electron chi connectivity index (χ4n) is 3.19. The molecule has 0 aliphatic carbocycles. The van der Waals surface area contributed by atoms with Crippen LogP contribution in [-0.4, -0.2) is 35.1 Å². The van der Waals surface area contributed by atoms with Crippen LogP contribution in [0.4, 0.5) is 0 Å². The fraction of sp³-hybridized carbons (Fsp3) is 0.250. The van der Waals surface area contributed by atoms with Crippen LogP contribution in [0.2, 0.25) is 0 Å². The summed E-state index contributed by atoms with van der Waals surface area (Å²) in [5.41, 5.74) is 1.94. The molecular weight excluding hydrogens is 316 g/mol. The molecule has 0 spiro atoms. The van der Waals surface area contributed by atoms with Crippen LogP contribution in [0.3, 0.4) is 0 Å². The number of benzene rings is 2. The second-order valence-corrected chi connectivity index (χ2v) is 6.38. The van der Waals surface area contributed by atoms with Crippen LogP contribution < -0.4 is 10.1 Å². The van der Waals surface area contributed by atoms with E-state index in [-0.39, 0.29) is 17.6 Å². The van der Waals surface area contributed by atoms with Gasteiger partial charge in [0, 0.05) is 16.5 Å². The summed E-state index contributed by atoms with van der Waals surface area (Å²) in [5.74, 6) is 0.902. The van der Waals surface area contributed by atoms with E-state index in [9.17, 15) is 9.90 Å². The minimum Gasteiger partial charge on any atom is -0.508 e. The molecule has 1 saturated heterocycles. The topological polar surface area (TPSA) is 74.3 Å². The van der Waals surface area contributed by atoms with Crippen LogP contribution in [0, 0.1) is 0 Å². The SMILES string of the molecule is O=C(c1ccc(OC2CCNCC2)cc1)c1cc2cc(O)ccc2[nH]1. The van der Waals surface area contributed by atoms with Crippen molar-refractivity contribution in [3.8, 4) is 11.5 Å². The van der Waals surface area contributed by atoms with Gasteiger partial charge in [-0.3, -0.25) is 4.79 Å². The Hall–Kier alpha value is -2.79. The second kappa shape index (κ2) is 6.61. The number of rotatable bonds is 4. The van der Waals surface area contributed by atoms with Gasteiger partial charge in [-0.05, 0) is 74.5 Å². The van der Waals surface area contributed by atoms with Gasteiger partial charge in [-0.1, -0.05) is 0 Å². The number of hydrogen-bond acceptors (Lipinski definition) is 4. The zero-order chi connectivity index (χ0) is 17.2. The molecule has 0 atom stereocenters. The molecule has 5 heteroatoms. The predicted octanol–water partition coefficient (Wildman–Crippen LogP) is 3.24. The van der Waals surface area contributed by atoms with Gasteiger partial charge in [0.15, 0.2) is 0 Å². The number of nitrogens with one attached hydrogen (secondary N) is 2. The number of ether oxygens (including phenoxy) is 1. The molecule has 0 amide bonds. The van der Waals surface area contributed by atoms with E-state index in [1.54, 1.807) is 36.4 Å². The smallest absolute Gasteiger partial charge is 0.209 e. The molecule has 25 heavy (non-hydrogen) atoms. The summed E-state index contributed by atoms with van der Waals surface area (Å²) in [6.07, 6.45) is 2.25. The highest BCUT2D eigenvalue weighted by atomic mass is 16.5. The highest BCUT2D eigenvalue weighted by Crippen LogP contribution is 2.23. The molecule has 1 fully saturated rings. The van der Waals surface area contributed by atoms with Crippen LogP contribution >= 0.6 is 0 Å². The van der Waals surface area contributed by atoms with E-state index in [0.717, 1.165) is 42.6 Å². The van der Waals surface area contributed by atoms with Crippen LogP contribution in [0.25, 0.3) is 10.9 Å². The maximum Gasteiger partial charge on any atom is 0.209 e. The molecule has 5 nitrogen and oxygen atoms in total. The number of carbonyl (C=O) groups is 1. The number of phenolic OH excluding ortho intramolecular Hbond substituents is 1. The third-order valence-electron chi connectivity index (χ3n) is 4.55. The first-order valence-corrected chi connectivity index (χ1v) is 8.53. The van der Waals surface area contributed by atoms with Gasteiger partial charge in [0.25, 0.3) is 0 Å². The number of H-pyrrole nitrogens is 1. The van der Waals surface area contributed by atoms with Crippen LogP contribution in [-0.2, 0) is 0 Å². The largest absolute Gasteiger partial charge is 0.508 e. The lowest BCUT2D eigenvalue weighted by Gasteiger charge is -2.23. The highest BCUT2D eigenvalue weighted by Gasteiger charge is 2.16. The van der Waals surface area contributed by atoms with E-state index in [1.807, 2.05) is 12.1 Å². The number of fused-ring (bicyclic) bond motifs is 1. The van der Waals surface area contributed by atoms with E-state index >= 15 is 0 Å². The van der Waals surface area contributed by atoms with Crippen molar-refractivity contribution in [2.45, 2.75) is 18.9 Å². The number of aromatic nitrogens is 1. The molecular formula is C20H20N2O3. The van der Waals surface area contributed by atoms with Gasteiger partial charge in [0.05, 0.1) is 5.69 Å². The van der Waals surface area contributed by atoms with Crippen LogP contribution in [0.1, 0.15) is 28.9 Å². The first kappa shape index (κ1) is 15.7. The van der Waals surface area contributed by atoms with Crippen molar-refractivity contribution in [2.24, 2.45) is 0 Å². The summed E-state index contributed by atoms with van der Waals surface area (Å²) in [6.45, 7) is 1.97. The monoisotopic (exact) mass is 336 g/mol. The predicted molar refractivity (Wildman–Crippen MR) is 96.4 cm³/mol. The summed E-state index contributed by atoms with van der Waals surface area (Å²) in [6, 6.07) is 14.0. The maximum absolute atomic E-state index is 12.7. The number of hydrogen-bond donors (Lipinski definition) is 3. The van der Waals surface area contributed by atoms with E-state index in [4.69, 9.17) is 4.74 Å². The summed E-state index contributed by atoms with van der Waals surface area (Å²) in [5, 5.41) is 13.7. The lowest BCUT2D eigenvalue weighted by molar-refractivity contribution is 0.103. The minimum atomic E-state index is -0.0795. The Morgan fingerprint density at radius 3 is 2.56 bits per heavy atom. The van der Waals surface area contributed by atoms with Gasteiger partial charge in [0.2, 0.25) is 5.78 Å². The first-order valence-electron chi connectivity index (χ1n) is 8.53. The van der Waals surface area contributed by atoms with Crippen molar-refractivity contribution >= 4 is 16.7 Å². The molecule has 1 aliphatic heterocycles. The Morgan fingerprint density at radius 1 is 1.04 bits per heavy atom. The molecule has 3 N–H and O–H groups in total. The van der Waals surface area contributed by atoms with E-state index < -0.39 is 0 Å². The fourth-order valence-corrected chi connectivity index (χ4v) is 3.19. The number of ketones is 1. The molecule has 0 unspecified atom stereocenters. The van der Waals surface area contributed by atoms with Crippen LogP contribution in [0.5, 0.6) is 11.5 Å². The van der Waals surface area contributed by atoms with Crippen molar-refractivity contribution in [3.05, 3.63) is 59.8 Å². The van der Waals surface area contributed by atoms with Crippen molar-refractivity contribution in [2.75, 3.05) is 13.1 Å². The zero-order valence-corrected chi connectivity index (χ0v) is 13.8. The first-order chi connectivity index (χ1) is 12.2. The number of carbonyl (C=O) groups excluding carboxylic acids is 1. The number of phenols is 1. The maximum atomic E-state index is 12.7. The lowest BCUT2D eigenvalue weighted by atomic mass is 10.1. The Kier molecular flexibility index (Phi) is 4.15. The number of aromatic hydroxyl groups is 1. The molecule has 128 valence electrons. The summed E-state index contributed by atoms with van der Waals surface area (Å²) in [7, 11) is 0. The third kappa shape index (κ3) is 3.37. The van der Waals surface area contributed by atoms with Gasteiger partial charge >= 0.3 is 0 Å². The Bertz CT molecular complexity index is 893. The average molecular weight is 336 g/mol. The Morgan fingerprint density at radius 2 is 1.80 bits per heavy atom. The quantitative estimate of drug-likeness (QED) is 0.640. The number of aromatic amines is 1. The molecule has 2 heterocycles. The molecule has 3 aromatic rings. The molecule has 0 bridgehead atoms. The molecule has 4 rings (SSSR count). The van der Waals surface area contributed by atoms with Crippen molar-refractivity contribution in [1.29, 1.82) is 0 Å². The average Bonchev–Trinajstić information content (AvgIpc) is 3.06. The second-order valence-electron chi connectivity index (χ2n) is 6.38. The van der Waals surface area contributed by atoms with Crippen molar-refractivity contribution in [1.82, 2.24) is 10.3 Å². The van der Waals surface area contributed by atoms with E-state index in [0.29, 0.717) is 11.3 Å². The minimum absolute atomic E-state index is 0.0795. The van der Waals surface area contributed by atoms with E-state index in [1.165, 1.54) is 0 Å². The van der Waals surface area contributed by atoms with Gasteiger partial charge in [-0.25, -0.2) is 0 Å². The highest BCUT2D eigenvalue weighted by molar-refractivity contribution is 6.10. The molecule has 1 aromatic heterocycles. The van der Waals surface area contributed by atoms with Crippen molar-refractivity contribution < 1.29 is 14.6 Å². The van der Waals surface area contributed by atoms with Gasteiger partial charge < -0.3 is 20.1 Å².